The first-order valence-electron chi connectivity index (χ1n) is 7.50. The highest BCUT2D eigenvalue weighted by molar-refractivity contribution is 6.35. The van der Waals surface area contributed by atoms with E-state index in [-0.39, 0.29) is 17.3 Å². The molecule has 0 bridgehead atoms. The van der Waals surface area contributed by atoms with Crippen molar-refractivity contribution in [3.8, 4) is 11.8 Å². The number of nitriles is 1. The predicted molar refractivity (Wildman–Crippen MR) is 92.5 cm³/mol. The lowest BCUT2D eigenvalue weighted by atomic mass is 9.83. The van der Waals surface area contributed by atoms with Gasteiger partial charge in [-0.15, -0.1) is 0 Å². The Morgan fingerprint density at radius 2 is 2.00 bits per heavy atom. The number of ether oxygens (including phenoxy) is 1. The Hall–Kier alpha value is -3.10. The summed E-state index contributed by atoms with van der Waals surface area (Å²) < 4.78 is 19.0. The third kappa shape index (κ3) is 2.39. The van der Waals surface area contributed by atoms with Crippen molar-refractivity contribution in [2.75, 3.05) is 0 Å². The zero-order chi connectivity index (χ0) is 17.6. The van der Waals surface area contributed by atoms with Gasteiger partial charge in [-0.25, -0.2) is 4.39 Å². The van der Waals surface area contributed by atoms with Gasteiger partial charge in [-0.05, 0) is 35.9 Å². The number of pyridine rings is 1. The minimum Gasteiger partial charge on any atom is -0.438 e. The maximum atomic E-state index is 13.3. The molecule has 1 aromatic heterocycles. The molecule has 1 aliphatic rings. The van der Waals surface area contributed by atoms with Crippen molar-refractivity contribution < 1.29 is 9.13 Å². The maximum absolute atomic E-state index is 13.3. The maximum Gasteiger partial charge on any atom is 0.205 e. The van der Waals surface area contributed by atoms with Crippen LogP contribution in [0.15, 0.2) is 60.1 Å². The number of aromatic nitrogens is 1. The molecule has 4 rings (SSSR count). The Morgan fingerprint density at radius 3 is 2.72 bits per heavy atom. The standard InChI is InChI=1S/C19H11ClFN3O/c20-15-8-13-16(10-3-5-11(21)6-4-10)14(9-22)19(23)25-18(13)17-12(15)2-1-7-24-17/h1-8,16H,23H2. The topological polar surface area (TPSA) is 71.9 Å². The number of rotatable bonds is 1. The molecule has 2 N–H and O–H groups in total. The second kappa shape index (κ2) is 5.76. The zero-order valence-electron chi connectivity index (χ0n) is 12.8. The van der Waals surface area contributed by atoms with Crippen molar-refractivity contribution in [3.63, 3.8) is 0 Å². The van der Waals surface area contributed by atoms with Crippen LogP contribution in [0.5, 0.6) is 5.75 Å². The van der Waals surface area contributed by atoms with Crippen LogP contribution in [0.2, 0.25) is 5.02 Å². The van der Waals surface area contributed by atoms with E-state index in [0.29, 0.717) is 21.9 Å². The van der Waals surface area contributed by atoms with E-state index < -0.39 is 5.92 Å². The summed E-state index contributed by atoms with van der Waals surface area (Å²) in [4.78, 5) is 4.35. The third-order valence-electron chi connectivity index (χ3n) is 4.23. The largest absolute Gasteiger partial charge is 0.438 e. The summed E-state index contributed by atoms with van der Waals surface area (Å²) in [7, 11) is 0. The van der Waals surface area contributed by atoms with E-state index in [2.05, 4.69) is 11.1 Å². The molecule has 2 aromatic carbocycles. The van der Waals surface area contributed by atoms with Gasteiger partial charge in [-0.2, -0.15) is 5.26 Å². The van der Waals surface area contributed by atoms with E-state index >= 15 is 0 Å². The molecule has 1 unspecified atom stereocenters. The lowest BCUT2D eigenvalue weighted by Crippen LogP contribution is -2.21. The molecule has 25 heavy (non-hydrogen) atoms. The molecule has 2 heterocycles. The second-order valence-corrected chi connectivity index (χ2v) is 6.06. The van der Waals surface area contributed by atoms with Gasteiger partial charge in [-0.1, -0.05) is 23.7 Å². The predicted octanol–water partition coefficient (Wildman–Crippen LogP) is 4.25. The van der Waals surface area contributed by atoms with Gasteiger partial charge in [-0.3, -0.25) is 4.98 Å². The van der Waals surface area contributed by atoms with Crippen LogP contribution in [0.1, 0.15) is 17.0 Å². The van der Waals surface area contributed by atoms with Gasteiger partial charge in [0.05, 0.1) is 10.9 Å². The molecule has 122 valence electrons. The number of nitrogens with zero attached hydrogens (tertiary/aromatic N) is 2. The number of halogens is 2. The van der Waals surface area contributed by atoms with Gasteiger partial charge in [0.15, 0.2) is 5.75 Å². The number of fused-ring (bicyclic) bond motifs is 3. The molecule has 0 fully saturated rings. The lowest BCUT2D eigenvalue weighted by Gasteiger charge is -2.27. The van der Waals surface area contributed by atoms with Crippen LogP contribution in [0, 0.1) is 17.1 Å². The zero-order valence-corrected chi connectivity index (χ0v) is 13.6. The van der Waals surface area contributed by atoms with Crippen LogP contribution in [0.4, 0.5) is 4.39 Å². The summed E-state index contributed by atoms with van der Waals surface area (Å²) in [5.74, 6) is -0.382. The highest BCUT2D eigenvalue weighted by Crippen LogP contribution is 2.46. The smallest absolute Gasteiger partial charge is 0.205 e. The average Bonchev–Trinajstić information content (AvgIpc) is 2.63. The first-order chi connectivity index (χ1) is 12.1. The fourth-order valence-electron chi connectivity index (χ4n) is 3.10. The molecular formula is C19H11ClFN3O. The Bertz CT molecular complexity index is 1070. The molecule has 6 heteroatoms. The Kier molecular flexibility index (Phi) is 3.56. The molecule has 1 atom stereocenters. The molecule has 0 saturated carbocycles. The van der Waals surface area contributed by atoms with Crippen LogP contribution in [-0.4, -0.2) is 4.98 Å². The lowest BCUT2D eigenvalue weighted by molar-refractivity contribution is 0.397. The molecule has 4 nitrogen and oxygen atoms in total. The fraction of sp³-hybridized carbons (Fsp3) is 0.0526. The van der Waals surface area contributed by atoms with Gasteiger partial charge in [0.1, 0.15) is 23.0 Å². The van der Waals surface area contributed by atoms with Crippen LogP contribution < -0.4 is 10.5 Å². The Balaban J connectivity index is 2.04. The third-order valence-corrected chi connectivity index (χ3v) is 4.54. The Morgan fingerprint density at radius 1 is 1.24 bits per heavy atom. The average molecular weight is 352 g/mol. The summed E-state index contributed by atoms with van der Waals surface area (Å²) in [5.41, 5.74) is 8.21. The SMILES string of the molecule is N#CC1=C(N)Oc2c(cc(Cl)c3cccnc23)C1c1ccc(F)cc1. The van der Waals surface area contributed by atoms with Gasteiger partial charge in [0, 0.05) is 17.1 Å². The molecule has 0 saturated heterocycles. The first kappa shape index (κ1) is 15.4. The summed E-state index contributed by atoms with van der Waals surface area (Å²) in [6, 6.07) is 13.4. The van der Waals surface area contributed by atoms with Crippen molar-refractivity contribution in [1.82, 2.24) is 4.98 Å². The molecule has 3 aromatic rings. The molecule has 0 spiro atoms. The van der Waals surface area contributed by atoms with Gasteiger partial charge in [0.2, 0.25) is 5.88 Å². The summed E-state index contributed by atoms with van der Waals surface area (Å²) >= 11 is 6.41. The van der Waals surface area contributed by atoms with Crippen LogP contribution in [-0.2, 0) is 0 Å². The first-order valence-corrected chi connectivity index (χ1v) is 7.88. The molecule has 1 aliphatic heterocycles. The van der Waals surface area contributed by atoms with E-state index in [1.165, 1.54) is 12.1 Å². The molecule has 0 amide bonds. The van der Waals surface area contributed by atoms with Crippen LogP contribution in [0.25, 0.3) is 10.9 Å². The number of hydrogen-bond acceptors (Lipinski definition) is 4. The van der Waals surface area contributed by atoms with Crippen LogP contribution >= 0.6 is 11.6 Å². The highest BCUT2D eigenvalue weighted by atomic mass is 35.5. The summed E-state index contributed by atoms with van der Waals surface area (Å²) in [6.45, 7) is 0. The van der Waals surface area contributed by atoms with E-state index in [1.54, 1.807) is 30.5 Å². The van der Waals surface area contributed by atoms with E-state index in [0.717, 1.165) is 10.9 Å². The van der Waals surface area contributed by atoms with E-state index in [4.69, 9.17) is 22.1 Å². The number of benzene rings is 2. The van der Waals surface area contributed by atoms with Crippen molar-refractivity contribution in [1.29, 1.82) is 5.26 Å². The second-order valence-electron chi connectivity index (χ2n) is 5.65. The van der Waals surface area contributed by atoms with Crippen molar-refractivity contribution >= 4 is 22.5 Å². The molecule has 0 aliphatic carbocycles. The van der Waals surface area contributed by atoms with Gasteiger partial charge < -0.3 is 10.5 Å². The number of allylic oxidation sites excluding steroid dienone is 1. The normalized spacial score (nSPS) is 16.3. The monoisotopic (exact) mass is 351 g/mol. The number of hydrogen-bond donors (Lipinski definition) is 1. The highest BCUT2D eigenvalue weighted by Gasteiger charge is 2.32. The summed E-state index contributed by atoms with van der Waals surface area (Å²) in [5, 5.41) is 10.8. The summed E-state index contributed by atoms with van der Waals surface area (Å²) in [6.07, 6.45) is 1.63. The number of nitrogens with two attached hydrogens (primary N) is 1. The Labute approximate surface area is 147 Å². The van der Waals surface area contributed by atoms with Crippen LogP contribution in [0.3, 0.4) is 0 Å². The minimum atomic E-state index is -0.502. The quantitative estimate of drug-likeness (QED) is 0.711. The van der Waals surface area contributed by atoms with Crippen molar-refractivity contribution in [2.24, 2.45) is 5.73 Å². The fourth-order valence-corrected chi connectivity index (χ4v) is 3.37. The minimum absolute atomic E-state index is 0.0126. The molecule has 0 radical (unpaired) electrons. The van der Waals surface area contributed by atoms with Gasteiger partial charge >= 0.3 is 0 Å². The van der Waals surface area contributed by atoms with Crippen molar-refractivity contribution in [3.05, 3.63) is 82.1 Å². The van der Waals surface area contributed by atoms with Crippen molar-refractivity contribution in [2.45, 2.75) is 5.92 Å². The van der Waals surface area contributed by atoms with E-state index in [9.17, 15) is 9.65 Å². The van der Waals surface area contributed by atoms with E-state index in [1.807, 2.05) is 6.07 Å². The molecular weight excluding hydrogens is 341 g/mol. The van der Waals surface area contributed by atoms with Gasteiger partial charge in [0.25, 0.3) is 0 Å².